The molecular weight excluding hydrogens is 403 g/mol. The molecule has 2 aliphatic rings. The van der Waals surface area contributed by atoms with Crippen LogP contribution in [0.2, 0.25) is 0 Å². The van der Waals surface area contributed by atoms with E-state index in [2.05, 4.69) is 15.2 Å². The molecule has 162 valence electrons. The maximum Gasteiger partial charge on any atom is 0.172 e. The van der Waals surface area contributed by atoms with Gasteiger partial charge in [-0.2, -0.15) is 0 Å². The molecule has 1 saturated carbocycles. The van der Waals surface area contributed by atoms with Gasteiger partial charge in [-0.15, -0.1) is 0 Å². The molecule has 1 aliphatic heterocycles. The quantitative estimate of drug-likeness (QED) is 0.613. The number of piperidine rings is 1. The minimum absolute atomic E-state index is 0.193. The number of halogens is 3. The lowest BCUT2D eigenvalue weighted by Gasteiger charge is -2.35. The van der Waals surface area contributed by atoms with Gasteiger partial charge in [0.15, 0.2) is 11.6 Å². The topological polar surface area (TPSA) is 53.9 Å². The monoisotopic (exact) mass is 427 g/mol. The van der Waals surface area contributed by atoms with Gasteiger partial charge in [-0.25, -0.2) is 23.1 Å². The van der Waals surface area contributed by atoms with Crippen LogP contribution < -0.4 is 10.2 Å². The Morgan fingerprint density at radius 1 is 1.03 bits per heavy atom. The lowest BCUT2D eigenvalue weighted by atomic mass is 9.88. The van der Waals surface area contributed by atoms with Crippen LogP contribution in [-0.4, -0.2) is 34.1 Å². The van der Waals surface area contributed by atoms with E-state index in [1.165, 1.54) is 0 Å². The van der Waals surface area contributed by atoms with Gasteiger partial charge in [0.25, 0.3) is 0 Å². The van der Waals surface area contributed by atoms with E-state index < -0.39 is 17.8 Å². The molecule has 31 heavy (non-hydrogen) atoms. The molecule has 2 aromatic heterocycles. The van der Waals surface area contributed by atoms with E-state index in [9.17, 15) is 8.78 Å². The standard InChI is InChI=1S/C23H24F3N5/c1-13-10-19-20(12-27-13)30-23(22(29-19)28-16-3-4-16)31-8-6-14(7-9-31)21(26)17-11-15(24)2-5-18(17)25/h2,5,10-12,14,16,21H,3-4,6-9H2,1H3,(H,28,29)/t21-/m0/s1. The van der Waals surface area contributed by atoms with Crippen LogP contribution in [0.25, 0.3) is 11.0 Å². The van der Waals surface area contributed by atoms with E-state index in [1.54, 1.807) is 6.20 Å². The minimum atomic E-state index is -1.53. The Kier molecular flexibility index (Phi) is 5.16. The largest absolute Gasteiger partial charge is 0.364 e. The molecule has 3 aromatic rings. The first-order valence-corrected chi connectivity index (χ1v) is 10.7. The molecule has 5 nitrogen and oxygen atoms in total. The van der Waals surface area contributed by atoms with Gasteiger partial charge in [0.2, 0.25) is 0 Å². The summed E-state index contributed by atoms with van der Waals surface area (Å²) >= 11 is 0. The maximum absolute atomic E-state index is 15.0. The summed E-state index contributed by atoms with van der Waals surface area (Å²) in [6, 6.07) is 5.29. The second-order valence-corrected chi connectivity index (χ2v) is 8.52. The highest BCUT2D eigenvalue weighted by atomic mass is 19.1. The van der Waals surface area contributed by atoms with Crippen LogP contribution >= 0.6 is 0 Å². The van der Waals surface area contributed by atoms with Gasteiger partial charge in [-0.1, -0.05) is 0 Å². The molecule has 1 atom stereocenters. The van der Waals surface area contributed by atoms with Gasteiger partial charge >= 0.3 is 0 Å². The summed E-state index contributed by atoms with van der Waals surface area (Å²) in [5.74, 6) is -0.203. The van der Waals surface area contributed by atoms with Crippen molar-refractivity contribution in [2.24, 2.45) is 5.92 Å². The van der Waals surface area contributed by atoms with Crippen molar-refractivity contribution in [1.82, 2.24) is 15.0 Å². The lowest BCUT2D eigenvalue weighted by Crippen LogP contribution is -2.36. The first-order chi connectivity index (χ1) is 15.0. The van der Waals surface area contributed by atoms with Crippen molar-refractivity contribution in [2.75, 3.05) is 23.3 Å². The van der Waals surface area contributed by atoms with Crippen molar-refractivity contribution < 1.29 is 13.2 Å². The first kappa shape index (κ1) is 20.0. The number of anilines is 2. The molecule has 5 rings (SSSR count). The van der Waals surface area contributed by atoms with E-state index in [0.717, 1.165) is 53.9 Å². The summed E-state index contributed by atoms with van der Waals surface area (Å²) in [4.78, 5) is 16.0. The minimum Gasteiger partial charge on any atom is -0.364 e. The summed E-state index contributed by atoms with van der Waals surface area (Å²) in [6.45, 7) is 3.06. The highest BCUT2D eigenvalue weighted by Crippen LogP contribution is 2.38. The normalized spacial score (nSPS) is 18.4. The number of alkyl halides is 1. The number of aromatic nitrogens is 3. The molecule has 3 heterocycles. The first-order valence-electron chi connectivity index (χ1n) is 10.7. The van der Waals surface area contributed by atoms with Crippen molar-refractivity contribution in [3.05, 3.63) is 53.4 Å². The molecule has 0 bridgehead atoms. The molecule has 1 aromatic carbocycles. The molecule has 1 saturated heterocycles. The number of benzene rings is 1. The van der Waals surface area contributed by atoms with Crippen LogP contribution in [0.5, 0.6) is 0 Å². The second-order valence-electron chi connectivity index (χ2n) is 8.52. The van der Waals surface area contributed by atoms with E-state index >= 15 is 4.39 Å². The number of aryl methyl sites for hydroxylation is 1. The van der Waals surface area contributed by atoms with Gasteiger partial charge in [0.1, 0.15) is 23.3 Å². The van der Waals surface area contributed by atoms with E-state index in [0.29, 0.717) is 37.5 Å². The summed E-state index contributed by atoms with van der Waals surface area (Å²) < 4.78 is 42.5. The molecule has 0 unspecified atom stereocenters. The van der Waals surface area contributed by atoms with Crippen molar-refractivity contribution >= 4 is 22.7 Å². The Morgan fingerprint density at radius 2 is 1.81 bits per heavy atom. The Hall–Kier alpha value is -2.90. The number of nitrogens with zero attached hydrogens (tertiary/aromatic N) is 4. The molecule has 0 radical (unpaired) electrons. The smallest absolute Gasteiger partial charge is 0.172 e. The zero-order valence-electron chi connectivity index (χ0n) is 17.3. The van der Waals surface area contributed by atoms with Gasteiger partial charge in [0.05, 0.1) is 11.7 Å². The van der Waals surface area contributed by atoms with Crippen molar-refractivity contribution in [3.63, 3.8) is 0 Å². The second kappa shape index (κ2) is 7.98. The lowest BCUT2D eigenvalue weighted by molar-refractivity contribution is 0.193. The number of hydrogen-bond acceptors (Lipinski definition) is 5. The fourth-order valence-electron chi connectivity index (χ4n) is 4.17. The fourth-order valence-corrected chi connectivity index (χ4v) is 4.17. The SMILES string of the molecule is Cc1cc2nc(NC3CC3)c(N3CCC([C@H](F)c4cc(F)ccc4F)CC3)nc2cn1. The Morgan fingerprint density at radius 3 is 2.55 bits per heavy atom. The van der Waals surface area contributed by atoms with Crippen molar-refractivity contribution in [1.29, 1.82) is 0 Å². The number of fused-ring (bicyclic) bond motifs is 1. The predicted octanol–water partition coefficient (Wildman–Crippen LogP) is 5.11. The predicted molar refractivity (Wildman–Crippen MR) is 114 cm³/mol. The molecule has 1 N–H and O–H groups in total. The zero-order chi connectivity index (χ0) is 21.5. The molecular formula is C23H24F3N5. The number of pyridine rings is 1. The number of hydrogen-bond donors (Lipinski definition) is 1. The van der Waals surface area contributed by atoms with Gasteiger partial charge in [-0.05, 0) is 62.8 Å². The molecule has 2 fully saturated rings. The third kappa shape index (κ3) is 4.16. The van der Waals surface area contributed by atoms with Gasteiger partial charge in [0, 0.05) is 30.4 Å². The van der Waals surface area contributed by atoms with Crippen LogP contribution in [-0.2, 0) is 0 Å². The van der Waals surface area contributed by atoms with Crippen molar-refractivity contribution in [2.45, 2.75) is 44.8 Å². The van der Waals surface area contributed by atoms with Gasteiger partial charge < -0.3 is 10.2 Å². The molecule has 0 spiro atoms. The maximum atomic E-state index is 15.0. The van der Waals surface area contributed by atoms with Gasteiger partial charge in [-0.3, -0.25) is 4.98 Å². The van der Waals surface area contributed by atoms with Crippen molar-refractivity contribution in [3.8, 4) is 0 Å². The zero-order valence-corrected chi connectivity index (χ0v) is 17.3. The molecule has 0 amide bonds. The molecule has 8 heteroatoms. The summed E-state index contributed by atoms with van der Waals surface area (Å²) in [7, 11) is 0. The Bertz CT molecular complexity index is 1110. The van der Waals surface area contributed by atoms with E-state index in [4.69, 9.17) is 9.97 Å². The number of nitrogens with one attached hydrogen (secondary N) is 1. The average molecular weight is 427 g/mol. The fraction of sp³-hybridized carbons (Fsp3) is 0.435. The Balaban J connectivity index is 1.37. The third-order valence-electron chi connectivity index (χ3n) is 6.10. The van der Waals surface area contributed by atoms with E-state index in [-0.39, 0.29) is 11.5 Å². The Labute approximate surface area is 178 Å². The third-order valence-corrected chi connectivity index (χ3v) is 6.10. The highest BCUT2D eigenvalue weighted by molar-refractivity contribution is 5.80. The van der Waals surface area contributed by atoms with Crippen LogP contribution in [0.1, 0.15) is 43.1 Å². The summed E-state index contributed by atoms with van der Waals surface area (Å²) in [5, 5.41) is 3.47. The summed E-state index contributed by atoms with van der Waals surface area (Å²) in [5.41, 5.74) is 2.20. The average Bonchev–Trinajstić information content (AvgIpc) is 3.59. The van der Waals surface area contributed by atoms with E-state index in [1.807, 2.05) is 13.0 Å². The summed E-state index contributed by atoms with van der Waals surface area (Å²) in [6.07, 6.45) is 3.45. The van der Waals surface area contributed by atoms with Crippen LogP contribution in [0, 0.1) is 24.5 Å². The van der Waals surface area contributed by atoms with Crippen LogP contribution in [0.3, 0.4) is 0 Å². The molecule has 1 aliphatic carbocycles. The highest BCUT2D eigenvalue weighted by Gasteiger charge is 2.32. The van der Waals surface area contributed by atoms with Crippen LogP contribution in [0.4, 0.5) is 24.8 Å². The number of rotatable bonds is 5. The van der Waals surface area contributed by atoms with Crippen LogP contribution in [0.15, 0.2) is 30.5 Å².